The topological polar surface area (TPSA) is 43.9 Å². The molecule has 0 saturated carbocycles. The van der Waals surface area contributed by atoms with E-state index >= 15 is 0 Å². The average molecular weight is 344 g/mol. The molecule has 1 fully saturated rings. The number of carbonyl (C=O) groups excluding carboxylic acids is 2. The summed E-state index contributed by atoms with van der Waals surface area (Å²) in [7, 11) is 3.48. The summed E-state index contributed by atoms with van der Waals surface area (Å²) in [6.07, 6.45) is 0. The Kier molecular flexibility index (Phi) is 5.67. The summed E-state index contributed by atoms with van der Waals surface area (Å²) in [6.45, 7) is 2.90. The van der Waals surface area contributed by atoms with Gasteiger partial charge in [-0.1, -0.05) is 23.2 Å². The molecule has 1 aliphatic heterocycles. The Morgan fingerprint density at radius 2 is 1.77 bits per heavy atom. The zero-order valence-electron chi connectivity index (χ0n) is 12.7. The van der Waals surface area contributed by atoms with Crippen LogP contribution in [-0.4, -0.2) is 73.3 Å². The van der Waals surface area contributed by atoms with Gasteiger partial charge < -0.3 is 9.80 Å². The lowest BCUT2D eigenvalue weighted by Crippen LogP contribution is -2.51. The fourth-order valence-corrected chi connectivity index (χ4v) is 2.76. The fourth-order valence-electron chi connectivity index (χ4n) is 2.28. The third-order valence-corrected chi connectivity index (χ3v) is 4.23. The summed E-state index contributed by atoms with van der Waals surface area (Å²) in [5.74, 6) is -0.0271. The van der Waals surface area contributed by atoms with Crippen molar-refractivity contribution in [1.82, 2.24) is 14.7 Å². The second-order valence-corrected chi connectivity index (χ2v) is 6.32. The predicted molar refractivity (Wildman–Crippen MR) is 87.5 cm³/mol. The lowest BCUT2D eigenvalue weighted by atomic mass is 10.1. The van der Waals surface area contributed by atoms with Gasteiger partial charge in [0, 0.05) is 45.3 Å². The summed E-state index contributed by atoms with van der Waals surface area (Å²) >= 11 is 11.9. The van der Waals surface area contributed by atoms with Crippen LogP contribution in [-0.2, 0) is 4.79 Å². The number of piperazine rings is 1. The third kappa shape index (κ3) is 4.12. The molecule has 7 heteroatoms. The SMILES string of the molecule is CN(C)C(=O)CN1CCN(C(=O)c2ccc(Cl)cc2Cl)CC1. The predicted octanol–water partition coefficient (Wildman–Crippen LogP) is 1.84. The van der Waals surface area contributed by atoms with Gasteiger partial charge >= 0.3 is 0 Å². The van der Waals surface area contributed by atoms with Gasteiger partial charge in [0.25, 0.3) is 5.91 Å². The second-order valence-electron chi connectivity index (χ2n) is 5.48. The number of hydrogen-bond acceptors (Lipinski definition) is 3. The summed E-state index contributed by atoms with van der Waals surface area (Å²) in [4.78, 5) is 29.6. The van der Waals surface area contributed by atoms with E-state index in [-0.39, 0.29) is 11.8 Å². The highest BCUT2D eigenvalue weighted by Crippen LogP contribution is 2.22. The molecule has 1 saturated heterocycles. The highest BCUT2D eigenvalue weighted by Gasteiger charge is 2.24. The largest absolute Gasteiger partial charge is 0.348 e. The smallest absolute Gasteiger partial charge is 0.255 e. The first-order valence-electron chi connectivity index (χ1n) is 7.05. The molecule has 1 heterocycles. The van der Waals surface area contributed by atoms with Gasteiger partial charge in [-0.15, -0.1) is 0 Å². The lowest BCUT2D eigenvalue weighted by Gasteiger charge is -2.34. The van der Waals surface area contributed by atoms with Gasteiger partial charge in [0.1, 0.15) is 0 Å². The van der Waals surface area contributed by atoms with E-state index < -0.39 is 0 Å². The van der Waals surface area contributed by atoms with Crippen LogP contribution in [0.3, 0.4) is 0 Å². The molecule has 2 rings (SSSR count). The molecular weight excluding hydrogens is 325 g/mol. The first kappa shape index (κ1) is 17.1. The fraction of sp³-hybridized carbons (Fsp3) is 0.467. The van der Waals surface area contributed by atoms with Gasteiger partial charge in [0.05, 0.1) is 17.1 Å². The van der Waals surface area contributed by atoms with Crippen molar-refractivity contribution in [2.75, 3.05) is 46.8 Å². The molecular formula is C15H19Cl2N3O2. The molecule has 120 valence electrons. The van der Waals surface area contributed by atoms with Crippen LogP contribution in [0.5, 0.6) is 0 Å². The summed E-state index contributed by atoms with van der Waals surface area (Å²) in [6, 6.07) is 4.88. The van der Waals surface area contributed by atoms with E-state index in [0.29, 0.717) is 48.3 Å². The molecule has 0 aliphatic carbocycles. The minimum Gasteiger partial charge on any atom is -0.348 e. The molecule has 0 N–H and O–H groups in total. The van der Waals surface area contributed by atoms with Gasteiger partial charge in [0.15, 0.2) is 0 Å². The molecule has 0 spiro atoms. The Morgan fingerprint density at radius 1 is 1.14 bits per heavy atom. The van der Waals surface area contributed by atoms with Gasteiger partial charge in [-0.2, -0.15) is 0 Å². The normalized spacial score (nSPS) is 15.7. The monoisotopic (exact) mass is 343 g/mol. The Balaban J connectivity index is 1.94. The van der Waals surface area contributed by atoms with Crippen molar-refractivity contribution >= 4 is 35.0 Å². The van der Waals surface area contributed by atoms with E-state index in [4.69, 9.17) is 23.2 Å². The van der Waals surface area contributed by atoms with Crippen LogP contribution in [0, 0.1) is 0 Å². The highest BCUT2D eigenvalue weighted by atomic mass is 35.5. The van der Waals surface area contributed by atoms with E-state index in [1.165, 1.54) is 0 Å². The quantitative estimate of drug-likeness (QED) is 0.841. The first-order chi connectivity index (χ1) is 10.4. The van der Waals surface area contributed by atoms with Crippen LogP contribution < -0.4 is 0 Å². The Morgan fingerprint density at radius 3 is 2.32 bits per heavy atom. The van der Waals surface area contributed by atoms with Crippen molar-refractivity contribution in [2.45, 2.75) is 0 Å². The Labute approximate surface area is 140 Å². The Bertz CT molecular complexity index is 570. The minimum absolute atomic E-state index is 0.0699. The van der Waals surface area contributed by atoms with E-state index in [1.807, 2.05) is 0 Å². The van der Waals surface area contributed by atoms with Crippen LogP contribution >= 0.6 is 23.2 Å². The van der Waals surface area contributed by atoms with Gasteiger partial charge in [-0.25, -0.2) is 0 Å². The Hall–Kier alpha value is -1.30. The van der Waals surface area contributed by atoms with Crippen molar-refractivity contribution in [3.8, 4) is 0 Å². The van der Waals surface area contributed by atoms with Crippen molar-refractivity contribution in [1.29, 1.82) is 0 Å². The molecule has 0 aromatic heterocycles. The van der Waals surface area contributed by atoms with E-state index in [0.717, 1.165) is 0 Å². The molecule has 2 amide bonds. The zero-order valence-corrected chi connectivity index (χ0v) is 14.2. The molecule has 0 radical (unpaired) electrons. The summed E-state index contributed by atoms with van der Waals surface area (Å²) in [5, 5.41) is 0.872. The summed E-state index contributed by atoms with van der Waals surface area (Å²) in [5.41, 5.74) is 0.462. The van der Waals surface area contributed by atoms with E-state index in [1.54, 1.807) is 42.1 Å². The van der Waals surface area contributed by atoms with Crippen LogP contribution in [0.4, 0.5) is 0 Å². The number of carbonyl (C=O) groups is 2. The number of nitrogens with zero attached hydrogens (tertiary/aromatic N) is 3. The summed E-state index contributed by atoms with van der Waals surface area (Å²) < 4.78 is 0. The number of hydrogen-bond donors (Lipinski definition) is 0. The van der Waals surface area contributed by atoms with Gasteiger partial charge in [-0.3, -0.25) is 14.5 Å². The second kappa shape index (κ2) is 7.31. The van der Waals surface area contributed by atoms with Crippen LogP contribution in [0.2, 0.25) is 10.0 Å². The maximum Gasteiger partial charge on any atom is 0.255 e. The molecule has 22 heavy (non-hydrogen) atoms. The number of amides is 2. The number of benzene rings is 1. The molecule has 1 aliphatic rings. The van der Waals surface area contributed by atoms with Crippen molar-refractivity contribution in [2.24, 2.45) is 0 Å². The first-order valence-corrected chi connectivity index (χ1v) is 7.81. The number of likely N-dealkylation sites (N-methyl/N-ethyl adjacent to an activating group) is 1. The van der Waals surface area contributed by atoms with Crippen molar-refractivity contribution in [3.05, 3.63) is 33.8 Å². The van der Waals surface area contributed by atoms with Gasteiger partial charge in [0.2, 0.25) is 5.91 Å². The average Bonchev–Trinajstić information content (AvgIpc) is 2.47. The maximum absolute atomic E-state index is 12.5. The van der Waals surface area contributed by atoms with Gasteiger partial charge in [-0.05, 0) is 18.2 Å². The highest BCUT2D eigenvalue weighted by molar-refractivity contribution is 6.36. The molecule has 0 unspecified atom stereocenters. The molecule has 0 bridgehead atoms. The lowest BCUT2D eigenvalue weighted by molar-refractivity contribution is -0.130. The van der Waals surface area contributed by atoms with E-state index in [2.05, 4.69) is 4.90 Å². The van der Waals surface area contributed by atoms with Crippen LogP contribution in [0.15, 0.2) is 18.2 Å². The maximum atomic E-state index is 12.5. The zero-order chi connectivity index (χ0) is 16.3. The third-order valence-electron chi connectivity index (χ3n) is 3.68. The van der Waals surface area contributed by atoms with Crippen LogP contribution in [0.25, 0.3) is 0 Å². The molecule has 1 aromatic rings. The standard InChI is InChI=1S/C15H19Cl2N3O2/c1-18(2)14(21)10-19-5-7-20(8-6-19)15(22)12-4-3-11(16)9-13(12)17/h3-4,9H,5-8,10H2,1-2H3. The number of rotatable bonds is 3. The molecule has 1 aromatic carbocycles. The van der Waals surface area contributed by atoms with E-state index in [9.17, 15) is 9.59 Å². The minimum atomic E-state index is -0.0970. The van der Waals surface area contributed by atoms with Crippen LogP contribution in [0.1, 0.15) is 10.4 Å². The number of halogens is 2. The molecule has 0 atom stereocenters. The van der Waals surface area contributed by atoms with Crippen molar-refractivity contribution in [3.63, 3.8) is 0 Å². The molecule has 5 nitrogen and oxygen atoms in total. The van der Waals surface area contributed by atoms with Crippen molar-refractivity contribution < 1.29 is 9.59 Å².